The van der Waals surface area contributed by atoms with E-state index in [4.69, 9.17) is 9.47 Å². The van der Waals surface area contributed by atoms with Crippen LogP contribution in [-0.2, 0) is 19.4 Å². The lowest BCUT2D eigenvalue weighted by atomic mass is 10.2. The number of nitrogens with zero attached hydrogens (tertiary/aromatic N) is 2. The average Bonchev–Trinajstić information content (AvgIpc) is 3.10. The molecule has 0 aliphatic carbocycles. The second-order valence-corrected chi connectivity index (χ2v) is 11.7. The molecule has 2 saturated heterocycles. The average molecular weight is 470 g/mol. The molecule has 2 heterocycles. The molecule has 1 aromatic rings. The van der Waals surface area contributed by atoms with E-state index < -0.39 is 27.4 Å². The highest BCUT2D eigenvalue weighted by Crippen LogP contribution is 2.41. The molecule has 11 heteroatoms. The summed E-state index contributed by atoms with van der Waals surface area (Å²) in [4.78, 5) is 30.2. The molecule has 2 atom stereocenters. The van der Waals surface area contributed by atoms with Gasteiger partial charge >= 0.3 is 6.09 Å². The molecule has 9 nitrogen and oxygen atoms in total. The van der Waals surface area contributed by atoms with Gasteiger partial charge in [-0.2, -0.15) is 4.99 Å². The Morgan fingerprint density at radius 2 is 2.03 bits per heavy atom. The van der Waals surface area contributed by atoms with Gasteiger partial charge in [-0.3, -0.25) is 4.79 Å². The fourth-order valence-corrected chi connectivity index (χ4v) is 7.31. The summed E-state index contributed by atoms with van der Waals surface area (Å²) in [5.74, 6) is 0.277. The predicted molar refractivity (Wildman–Crippen MR) is 121 cm³/mol. The summed E-state index contributed by atoms with van der Waals surface area (Å²) < 4.78 is 34.7. The van der Waals surface area contributed by atoms with Gasteiger partial charge in [-0.05, 0) is 32.9 Å². The van der Waals surface area contributed by atoms with Gasteiger partial charge in [-0.1, -0.05) is 17.8 Å². The molecule has 170 valence electrons. The van der Waals surface area contributed by atoms with Crippen LogP contribution >= 0.6 is 11.8 Å². The van der Waals surface area contributed by atoms with Crippen molar-refractivity contribution in [1.29, 1.82) is 0 Å². The Bertz CT molecular complexity index is 987. The van der Waals surface area contributed by atoms with Crippen molar-refractivity contribution in [3.05, 3.63) is 24.3 Å². The highest BCUT2D eigenvalue weighted by atomic mass is 32.2. The molecule has 2 amide bonds. The van der Waals surface area contributed by atoms with E-state index in [0.717, 1.165) is 5.69 Å². The van der Waals surface area contributed by atoms with Crippen molar-refractivity contribution in [2.75, 3.05) is 30.1 Å². The molecular weight excluding hydrogens is 442 g/mol. The summed E-state index contributed by atoms with van der Waals surface area (Å²) in [6, 6.07) is 6.92. The number of rotatable bonds is 5. The number of hydrogen-bond donors (Lipinski definition) is 1. The number of amides is 2. The summed E-state index contributed by atoms with van der Waals surface area (Å²) in [6.45, 7) is 5.36. The molecule has 0 unspecified atom stereocenters. The second-order valence-electron chi connectivity index (χ2n) is 8.34. The van der Waals surface area contributed by atoms with E-state index in [9.17, 15) is 18.0 Å². The van der Waals surface area contributed by atoms with Crippen LogP contribution in [-0.4, -0.2) is 67.6 Å². The lowest BCUT2D eigenvalue weighted by molar-refractivity contribution is -0.117. The van der Waals surface area contributed by atoms with Gasteiger partial charge < -0.3 is 19.7 Å². The van der Waals surface area contributed by atoms with E-state index in [1.165, 1.54) is 11.8 Å². The number of thioether (sulfide) groups is 1. The largest absolute Gasteiger partial charge is 0.497 e. The van der Waals surface area contributed by atoms with Gasteiger partial charge in [0.15, 0.2) is 15.0 Å². The number of amidine groups is 1. The Kier molecular flexibility index (Phi) is 6.85. The number of sulfone groups is 1. The summed E-state index contributed by atoms with van der Waals surface area (Å²) >= 11 is 1.30. The smallest absolute Gasteiger partial charge is 0.407 e. The second kappa shape index (κ2) is 9.07. The van der Waals surface area contributed by atoms with Gasteiger partial charge in [0.05, 0.1) is 24.7 Å². The van der Waals surface area contributed by atoms with Crippen molar-refractivity contribution < 1.29 is 27.5 Å². The molecule has 0 aromatic heterocycles. The monoisotopic (exact) mass is 469 g/mol. The molecule has 1 N–H and O–H groups in total. The molecule has 2 aliphatic rings. The van der Waals surface area contributed by atoms with E-state index in [1.807, 2.05) is 11.0 Å². The molecule has 0 saturated carbocycles. The molecule has 3 rings (SSSR count). The summed E-state index contributed by atoms with van der Waals surface area (Å²) in [7, 11) is -1.60. The Morgan fingerprint density at radius 3 is 2.71 bits per heavy atom. The third-order valence-corrected chi connectivity index (χ3v) is 7.84. The third-order valence-electron chi connectivity index (χ3n) is 4.63. The lowest BCUT2D eigenvalue weighted by Gasteiger charge is -2.24. The highest BCUT2D eigenvalue weighted by Gasteiger charge is 2.49. The van der Waals surface area contributed by atoms with Crippen molar-refractivity contribution in [3.8, 4) is 5.75 Å². The Balaban J connectivity index is 1.73. The fraction of sp³-hybridized carbons (Fsp3) is 0.550. The maximum absolute atomic E-state index is 12.5. The van der Waals surface area contributed by atoms with Crippen molar-refractivity contribution in [1.82, 2.24) is 5.32 Å². The van der Waals surface area contributed by atoms with Crippen LogP contribution in [0.25, 0.3) is 0 Å². The minimum atomic E-state index is -3.15. The Morgan fingerprint density at radius 1 is 1.29 bits per heavy atom. The first-order chi connectivity index (χ1) is 14.5. The number of carbonyl (C=O) groups excluding carboxylic acids is 2. The van der Waals surface area contributed by atoms with E-state index in [1.54, 1.807) is 46.1 Å². The van der Waals surface area contributed by atoms with Crippen molar-refractivity contribution in [2.24, 2.45) is 4.99 Å². The molecule has 31 heavy (non-hydrogen) atoms. The summed E-state index contributed by atoms with van der Waals surface area (Å²) in [6.07, 6.45) is -0.593. The first kappa shape index (κ1) is 23.4. The number of aliphatic imine (C=N–C) groups is 1. The first-order valence-corrected chi connectivity index (χ1v) is 12.6. The Labute approximate surface area is 186 Å². The highest BCUT2D eigenvalue weighted by molar-refractivity contribution is 8.16. The van der Waals surface area contributed by atoms with Crippen LogP contribution in [0.15, 0.2) is 29.3 Å². The molecule has 2 aliphatic heterocycles. The van der Waals surface area contributed by atoms with Crippen LogP contribution in [0, 0.1) is 0 Å². The standard InChI is InChI=1S/C20H27N3O6S2/c1-20(2,3)29-19(25)21-9-8-17(24)22-18-23(13-6-5-7-14(10-13)28-4)15-11-31(26,27)12-16(15)30-18/h5-7,10,15-16H,8-9,11-12H2,1-4H3,(H,21,25)/t15-,16+/m1/s1. The number of hydrogen-bond acceptors (Lipinski definition) is 7. The van der Waals surface area contributed by atoms with Gasteiger partial charge in [0.1, 0.15) is 11.4 Å². The molecule has 0 radical (unpaired) electrons. The zero-order valence-electron chi connectivity index (χ0n) is 18.0. The van der Waals surface area contributed by atoms with E-state index in [-0.39, 0.29) is 35.8 Å². The number of benzene rings is 1. The molecule has 1 aromatic carbocycles. The maximum atomic E-state index is 12.5. The number of nitrogens with one attached hydrogen (secondary N) is 1. The minimum Gasteiger partial charge on any atom is -0.497 e. The van der Waals surface area contributed by atoms with Crippen LogP contribution in [0.1, 0.15) is 27.2 Å². The van der Waals surface area contributed by atoms with Crippen LogP contribution in [0.4, 0.5) is 10.5 Å². The number of alkyl carbamates (subject to hydrolysis) is 1. The number of ether oxygens (including phenoxy) is 2. The zero-order valence-corrected chi connectivity index (χ0v) is 19.6. The van der Waals surface area contributed by atoms with E-state index in [2.05, 4.69) is 10.3 Å². The van der Waals surface area contributed by atoms with E-state index >= 15 is 0 Å². The van der Waals surface area contributed by atoms with Gasteiger partial charge in [0, 0.05) is 30.0 Å². The van der Waals surface area contributed by atoms with Gasteiger partial charge in [-0.15, -0.1) is 0 Å². The number of fused-ring (bicyclic) bond motifs is 1. The molecular formula is C20H27N3O6S2. The van der Waals surface area contributed by atoms with Crippen LogP contribution < -0.4 is 15.0 Å². The van der Waals surface area contributed by atoms with Crippen LogP contribution in [0.5, 0.6) is 5.75 Å². The van der Waals surface area contributed by atoms with E-state index in [0.29, 0.717) is 10.9 Å². The predicted octanol–water partition coefficient (Wildman–Crippen LogP) is 2.21. The third kappa shape index (κ3) is 6.13. The summed E-state index contributed by atoms with van der Waals surface area (Å²) in [5.41, 5.74) is 0.0966. The Hall–Kier alpha value is -2.27. The molecule has 2 fully saturated rings. The zero-order chi connectivity index (χ0) is 22.8. The van der Waals surface area contributed by atoms with Crippen LogP contribution in [0.3, 0.4) is 0 Å². The fourth-order valence-electron chi connectivity index (χ4n) is 3.37. The van der Waals surface area contributed by atoms with Crippen molar-refractivity contribution >= 4 is 44.5 Å². The molecule has 0 bridgehead atoms. The lowest BCUT2D eigenvalue weighted by Crippen LogP contribution is -2.37. The van der Waals surface area contributed by atoms with Gasteiger partial charge in [0.25, 0.3) is 0 Å². The van der Waals surface area contributed by atoms with Crippen LogP contribution in [0.2, 0.25) is 0 Å². The SMILES string of the molecule is COc1cccc(N2C(=NC(=O)CCNC(=O)OC(C)(C)C)S[C@H]3CS(=O)(=O)C[C@H]32)c1. The molecule has 0 spiro atoms. The van der Waals surface area contributed by atoms with Gasteiger partial charge in [0.2, 0.25) is 5.91 Å². The minimum absolute atomic E-state index is 0.00286. The number of anilines is 1. The normalized spacial score (nSPS) is 23.5. The number of carbonyl (C=O) groups is 2. The van der Waals surface area contributed by atoms with Gasteiger partial charge in [-0.25, -0.2) is 13.2 Å². The van der Waals surface area contributed by atoms with Crippen molar-refractivity contribution in [2.45, 2.75) is 44.1 Å². The maximum Gasteiger partial charge on any atom is 0.407 e. The quantitative estimate of drug-likeness (QED) is 0.698. The van der Waals surface area contributed by atoms with Crippen molar-refractivity contribution in [3.63, 3.8) is 0 Å². The summed E-state index contributed by atoms with van der Waals surface area (Å²) in [5, 5.41) is 2.80. The first-order valence-electron chi connectivity index (χ1n) is 9.86. The number of methoxy groups -OCH3 is 1. The topological polar surface area (TPSA) is 114 Å².